The third-order valence-corrected chi connectivity index (χ3v) is 3.30. The normalized spacial score (nSPS) is 10.9. The molecule has 0 bridgehead atoms. The first-order chi connectivity index (χ1) is 12.4. The maximum Gasteiger partial charge on any atom is 0.573 e. The number of ether oxygens (including phenoxy) is 3. The van der Waals surface area contributed by atoms with Crippen molar-refractivity contribution in [2.75, 3.05) is 13.7 Å². The van der Waals surface area contributed by atoms with Gasteiger partial charge in [0.15, 0.2) is 11.5 Å². The highest BCUT2D eigenvalue weighted by Gasteiger charge is 2.30. The SMILES string of the molecule is COc1ccccc1OCCC(=O)NCc1ccc(OC(F)(F)F)cc1. The van der Waals surface area contributed by atoms with Crippen molar-refractivity contribution >= 4 is 5.91 Å². The molecule has 0 unspecified atom stereocenters. The molecule has 0 aliphatic rings. The van der Waals surface area contributed by atoms with Crippen LogP contribution in [0.2, 0.25) is 0 Å². The summed E-state index contributed by atoms with van der Waals surface area (Å²) in [5, 5.41) is 2.67. The van der Waals surface area contributed by atoms with Crippen molar-refractivity contribution in [2.24, 2.45) is 0 Å². The Hall–Kier alpha value is -2.90. The van der Waals surface area contributed by atoms with Gasteiger partial charge in [0.05, 0.1) is 20.1 Å². The largest absolute Gasteiger partial charge is 0.573 e. The van der Waals surface area contributed by atoms with Gasteiger partial charge in [0.25, 0.3) is 0 Å². The molecule has 1 amide bonds. The highest BCUT2D eigenvalue weighted by Crippen LogP contribution is 2.25. The molecule has 0 aliphatic heterocycles. The van der Waals surface area contributed by atoms with E-state index in [2.05, 4.69) is 10.1 Å². The van der Waals surface area contributed by atoms with Crippen molar-refractivity contribution in [1.82, 2.24) is 5.32 Å². The molecular weight excluding hydrogens is 351 g/mol. The molecule has 0 heterocycles. The Morgan fingerprint density at radius 1 is 1.04 bits per heavy atom. The summed E-state index contributed by atoms with van der Waals surface area (Å²) >= 11 is 0. The highest BCUT2D eigenvalue weighted by atomic mass is 19.4. The number of hydrogen-bond acceptors (Lipinski definition) is 4. The zero-order valence-corrected chi connectivity index (χ0v) is 14.0. The second kappa shape index (κ2) is 8.98. The molecule has 0 aromatic heterocycles. The molecule has 0 saturated heterocycles. The van der Waals surface area contributed by atoms with Crippen molar-refractivity contribution in [2.45, 2.75) is 19.3 Å². The predicted octanol–water partition coefficient (Wildman–Crippen LogP) is 3.68. The molecule has 0 aliphatic carbocycles. The minimum Gasteiger partial charge on any atom is -0.493 e. The lowest BCUT2D eigenvalue weighted by molar-refractivity contribution is -0.274. The fraction of sp³-hybridized carbons (Fsp3) is 0.278. The summed E-state index contributed by atoms with van der Waals surface area (Å²) < 4.78 is 50.7. The van der Waals surface area contributed by atoms with Crippen LogP contribution in [0.1, 0.15) is 12.0 Å². The molecule has 26 heavy (non-hydrogen) atoms. The van der Waals surface area contributed by atoms with E-state index in [4.69, 9.17) is 9.47 Å². The molecule has 2 aromatic rings. The highest BCUT2D eigenvalue weighted by molar-refractivity contribution is 5.76. The fourth-order valence-corrected chi connectivity index (χ4v) is 2.09. The molecular formula is C18H18F3NO4. The van der Waals surface area contributed by atoms with Gasteiger partial charge in [0, 0.05) is 6.54 Å². The summed E-state index contributed by atoms with van der Waals surface area (Å²) in [5.74, 6) is 0.574. The van der Waals surface area contributed by atoms with Gasteiger partial charge in [0.1, 0.15) is 5.75 Å². The molecule has 0 fully saturated rings. The zero-order chi connectivity index (χ0) is 19.0. The lowest BCUT2D eigenvalue weighted by Gasteiger charge is -2.11. The number of carbonyl (C=O) groups is 1. The molecule has 140 valence electrons. The van der Waals surface area contributed by atoms with Crippen LogP contribution in [0.3, 0.4) is 0 Å². The molecule has 0 spiro atoms. The first-order valence-corrected chi connectivity index (χ1v) is 7.74. The maximum atomic E-state index is 12.1. The van der Waals surface area contributed by atoms with Crippen LogP contribution < -0.4 is 19.5 Å². The van der Waals surface area contributed by atoms with Crippen LogP contribution in [0, 0.1) is 0 Å². The molecule has 1 N–H and O–H groups in total. The number of rotatable bonds is 8. The fourth-order valence-electron chi connectivity index (χ4n) is 2.09. The Labute approximate surface area is 148 Å². The Balaban J connectivity index is 1.73. The van der Waals surface area contributed by atoms with Gasteiger partial charge in [-0.25, -0.2) is 0 Å². The minimum absolute atomic E-state index is 0.132. The van der Waals surface area contributed by atoms with Crippen LogP contribution in [0.4, 0.5) is 13.2 Å². The Bertz CT molecular complexity index is 717. The lowest BCUT2D eigenvalue weighted by atomic mass is 10.2. The molecule has 0 saturated carbocycles. The summed E-state index contributed by atoms with van der Waals surface area (Å²) in [4.78, 5) is 11.8. The van der Waals surface area contributed by atoms with E-state index in [1.165, 1.54) is 31.4 Å². The average molecular weight is 369 g/mol. The van der Waals surface area contributed by atoms with Crippen molar-refractivity contribution < 1.29 is 32.2 Å². The molecule has 2 rings (SSSR count). The monoisotopic (exact) mass is 369 g/mol. The third-order valence-electron chi connectivity index (χ3n) is 3.30. The van der Waals surface area contributed by atoms with Crippen molar-refractivity contribution in [1.29, 1.82) is 0 Å². The summed E-state index contributed by atoms with van der Waals surface area (Å²) in [6.07, 6.45) is -4.59. The third kappa shape index (κ3) is 6.54. The standard InChI is InChI=1S/C18H18F3NO4/c1-24-15-4-2-3-5-16(15)25-11-10-17(23)22-12-13-6-8-14(9-7-13)26-18(19,20)21/h2-9H,10-12H2,1H3,(H,22,23). The number of halogens is 3. The van der Waals surface area contributed by atoms with E-state index in [-0.39, 0.29) is 31.2 Å². The number of nitrogens with one attached hydrogen (secondary N) is 1. The number of benzene rings is 2. The summed E-state index contributed by atoms with van der Waals surface area (Å²) in [6, 6.07) is 12.4. The predicted molar refractivity (Wildman–Crippen MR) is 88.1 cm³/mol. The van der Waals surface area contributed by atoms with Crippen LogP contribution >= 0.6 is 0 Å². The van der Waals surface area contributed by atoms with Gasteiger partial charge in [-0.1, -0.05) is 24.3 Å². The number of para-hydroxylation sites is 2. The van der Waals surface area contributed by atoms with E-state index in [0.717, 1.165) is 0 Å². The lowest BCUT2D eigenvalue weighted by Crippen LogP contribution is -2.24. The first kappa shape index (κ1) is 19.4. The van der Waals surface area contributed by atoms with E-state index in [9.17, 15) is 18.0 Å². The summed E-state index contributed by atoms with van der Waals surface area (Å²) in [5.41, 5.74) is 0.651. The van der Waals surface area contributed by atoms with Crippen LogP contribution in [-0.2, 0) is 11.3 Å². The van der Waals surface area contributed by atoms with Gasteiger partial charge < -0.3 is 19.5 Å². The molecule has 8 heteroatoms. The molecule has 0 radical (unpaired) electrons. The van der Waals surface area contributed by atoms with Crippen molar-refractivity contribution in [3.8, 4) is 17.2 Å². The van der Waals surface area contributed by atoms with Crippen molar-refractivity contribution in [3.05, 3.63) is 54.1 Å². The maximum absolute atomic E-state index is 12.1. The van der Waals surface area contributed by atoms with E-state index in [1.54, 1.807) is 18.2 Å². The summed E-state index contributed by atoms with van der Waals surface area (Å²) in [6.45, 7) is 0.365. The number of amides is 1. The minimum atomic E-state index is -4.73. The van der Waals surface area contributed by atoms with E-state index >= 15 is 0 Å². The van der Waals surface area contributed by atoms with E-state index in [0.29, 0.717) is 17.1 Å². The Kier molecular flexibility index (Phi) is 6.71. The Morgan fingerprint density at radius 2 is 1.69 bits per heavy atom. The van der Waals surface area contributed by atoms with Crippen LogP contribution in [0.5, 0.6) is 17.2 Å². The smallest absolute Gasteiger partial charge is 0.493 e. The first-order valence-electron chi connectivity index (χ1n) is 7.74. The average Bonchev–Trinajstić information content (AvgIpc) is 2.60. The van der Waals surface area contributed by atoms with Crippen LogP contribution in [0.25, 0.3) is 0 Å². The van der Waals surface area contributed by atoms with Gasteiger partial charge in [-0.3, -0.25) is 4.79 Å². The number of hydrogen-bond donors (Lipinski definition) is 1. The van der Waals surface area contributed by atoms with Gasteiger partial charge in [0.2, 0.25) is 5.91 Å². The Morgan fingerprint density at radius 3 is 2.31 bits per heavy atom. The molecule has 0 atom stereocenters. The van der Waals surface area contributed by atoms with Gasteiger partial charge in [-0.05, 0) is 29.8 Å². The second-order valence-corrected chi connectivity index (χ2v) is 5.22. The van der Waals surface area contributed by atoms with E-state index in [1.807, 2.05) is 6.07 Å². The molecule has 5 nitrogen and oxygen atoms in total. The van der Waals surface area contributed by atoms with Gasteiger partial charge in [-0.2, -0.15) is 0 Å². The van der Waals surface area contributed by atoms with Crippen molar-refractivity contribution in [3.63, 3.8) is 0 Å². The number of methoxy groups -OCH3 is 1. The zero-order valence-electron chi connectivity index (χ0n) is 14.0. The quantitative estimate of drug-likeness (QED) is 0.771. The number of carbonyl (C=O) groups excluding carboxylic acids is 1. The summed E-state index contributed by atoms with van der Waals surface area (Å²) in [7, 11) is 1.53. The number of alkyl halides is 3. The van der Waals surface area contributed by atoms with Crippen LogP contribution in [0.15, 0.2) is 48.5 Å². The van der Waals surface area contributed by atoms with Gasteiger partial charge >= 0.3 is 6.36 Å². The topological polar surface area (TPSA) is 56.8 Å². The second-order valence-electron chi connectivity index (χ2n) is 5.22. The molecule has 2 aromatic carbocycles. The van der Waals surface area contributed by atoms with Gasteiger partial charge in [-0.15, -0.1) is 13.2 Å². The van der Waals surface area contributed by atoms with Crippen LogP contribution in [-0.4, -0.2) is 26.0 Å². The van der Waals surface area contributed by atoms with E-state index < -0.39 is 6.36 Å².